The molecule has 3 aromatic heterocycles. The summed E-state index contributed by atoms with van der Waals surface area (Å²) in [5.74, 6) is 0.753. The molecule has 1 amide bonds. The van der Waals surface area contributed by atoms with Crippen LogP contribution in [0.25, 0.3) is 0 Å². The number of nitrogens with zero attached hydrogens (tertiary/aromatic N) is 3. The number of sulfonamides is 1. The van der Waals surface area contributed by atoms with Crippen LogP contribution in [0.15, 0.2) is 107 Å². The zero-order valence-corrected chi connectivity index (χ0v) is 51.6. The molecule has 1 unspecified atom stereocenters. The Bertz CT molecular complexity index is 2950. The first-order valence-corrected chi connectivity index (χ1v) is 34.2. The Kier molecular flexibility index (Phi) is 31.1. The molecule has 0 saturated heterocycles. The monoisotopic (exact) mass is 1230 g/mol. The lowest BCUT2D eigenvalue weighted by Gasteiger charge is -2.17. The Morgan fingerprint density at radius 1 is 0.482 bits per heavy atom. The number of nitrogens with two attached hydrogens (primary N) is 3. The Labute approximate surface area is 508 Å². The Hall–Kier alpha value is -6.23. The lowest BCUT2D eigenvalue weighted by molar-refractivity contribution is -0.139. The molecule has 0 aliphatic carbocycles. The summed E-state index contributed by atoms with van der Waals surface area (Å²) in [6.07, 6.45) is 27.1. The van der Waals surface area contributed by atoms with E-state index in [0.29, 0.717) is 19.3 Å². The number of rotatable bonds is 31. The van der Waals surface area contributed by atoms with Gasteiger partial charge in [0.15, 0.2) is 0 Å². The van der Waals surface area contributed by atoms with Crippen molar-refractivity contribution in [2.75, 3.05) is 35.6 Å². The standard InChI is InChI=1S/C23H31N3O4S.C17H28N4O.C17H27N3O2.C6H5ClO2S/c27-23(28)21(26-31(29,30)20-12-6-4-7-13-20)14-8-3-1-2-5-11-19-16-15-18-10-9-17-24-22(18)25-19;18-15(16(19)22)9-5-3-1-2-4-8-14-11-10-13-7-6-12-20-17(13)21-14;18-15(17(21)22)9-5-3-1-2-4-8-14-11-10-13-7-6-12-19-16(13)20-14;7-10(8,9)6-4-2-1-3-5-6/h4,6-7,12-13,15-16,21,26H,1-3,5,8-11,14,17H2,(H,24,25)(H,27,28);10-11,15H,1-9,12,18H2,(H2,19,22)(H,20,21);10-11,15H,1-9,12,18H2,(H,19,20)(H,21,22);1-5H/t;2*15-;/m.00./s1. The molecule has 22 heteroatoms. The summed E-state index contributed by atoms with van der Waals surface area (Å²) in [5.41, 5.74) is 23.7. The molecule has 0 spiro atoms. The van der Waals surface area contributed by atoms with E-state index in [2.05, 4.69) is 57.1 Å². The van der Waals surface area contributed by atoms with Gasteiger partial charge < -0.3 is 43.4 Å². The van der Waals surface area contributed by atoms with E-state index in [9.17, 15) is 36.3 Å². The van der Waals surface area contributed by atoms with Gasteiger partial charge in [0.1, 0.15) is 29.5 Å². The second kappa shape index (κ2) is 38.0. The maximum absolute atomic E-state index is 12.4. The summed E-state index contributed by atoms with van der Waals surface area (Å²) in [4.78, 5) is 47.2. The zero-order valence-electron chi connectivity index (χ0n) is 49.2. The van der Waals surface area contributed by atoms with Crippen molar-refractivity contribution in [2.45, 2.75) is 201 Å². The molecule has 3 aliphatic heterocycles. The number of aliphatic carboxylic acids is 2. The first-order valence-electron chi connectivity index (χ1n) is 30.4. The van der Waals surface area contributed by atoms with Gasteiger partial charge in [-0.2, -0.15) is 4.72 Å². The highest BCUT2D eigenvalue weighted by molar-refractivity contribution is 8.13. The van der Waals surface area contributed by atoms with E-state index in [1.807, 2.05) is 0 Å². The maximum Gasteiger partial charge on any atom is 0.321 e. The van der Waals surface area contributed by atoms with Crippen molar-refractivity contribution in [2.24, 2.45) is 17.2 Å². The largest absolute Gasteiger partial charge is 0.480 e. The number of benzene rings is 2. The third kappa shape index (κ3) is 26.9. The van der Waals surface area contributed by atoms with Gasteiger partial charge in [-0.05, 0) is 155 Å². The van der Waals surface area contributed by atoms with E-state index in [-0.39, 0.29) is 16.2 Å². The van der Waals surface area contributed by atoms with Crippen molar-refractivity contribution >= 4 is 65.1 Å². The number of pyridine rings is 3. The molecule has 0 bridgehead atoms. The van der Waals surface area contributed by atoms with Crippen LogP contribution in [0.1, 0.15) is 169 Å². The number of hydrogen-bond donors (Lipinski definition) is 9. The van der Waals surface area contributed by atoms with Crippen molar-refractivity contribution in [3.8, 4) is 0 Å². The second-order valence-electron chi connectivity index (χ2n) is 22.0. The SMILES string of the molecule is NC(=O)[C@@H](N)CCCCCCCc1ccc2c(n1)NCCC2.N[C@@H](CCCCCCCc1ccc2c(n1)NCCC2)C(=O)O.O=C(O)C(CCCCCCCc1ccc2c(n1)NCCC2)NS(=O)(=O)c1ccccc1.O=S(=O)(Cl)c1ccccc1. The van der Waals surface area contributed by atoms with Crippen LogP contribution in [0, 0.1) is 0 Å². The molecule has 19 nitrogen and oxygen atoms in total. The van der Waals surface area contributed by atoms with Crippen LogP contribution in [0.2, 0.25) is 0 Å². The van der Waals surface area contributed by atoms with Crippen LogP contribution in [0.4, 0.5) is 17.5 Å². The Morgan fingerprint density at radius 2 is 0.835 bits per heavy atom. The van der Waals surface area contributed by atoms with Gasteiger partial charge in [0.05, 0.1) is 15.8 Å². The van der Waals surface area contributed by atoms with E-state index >= 15 is 0 Å². The predicted molar refractivity (Wildman–Crippen MR) is 338 cm³/mol. The zero-order chi connectivity index (χ0) is 61.3. The van der Waals surface area contributed by atoms with Gasteiger partial charge in [0, 0.05) is 47.4 Å². The number of carbonyl (C=O) groups excluding carboxylic acids is 1. The number of unbranched alkanes of at least 4 members (excludes halogenated alkanes) is 12. The summed E-state index contributed by atoms with van der Waals surface area (Å²) in [7, 11) is -2.34. The summed E-state index contributed by atoms with van der Waals surface area (Å²) in [6, 6.07) is 26.4. The fourth-order valence-electron chi connectivity index (χ4n) is 10.0. The molecule has 0 radical (unpaired) electrons. The molecule has 12 N–H and O–H groups in total. The maximum atomic E-state index is 12.4. The van der Waals surface area contributed by atoms with Crippen molar-refractivity contribution < 1.29 is 41.4 Å². The number of carbonyl (C=O) groups is 3. The minimum atomic E-state index is -3.84. The van der Waals surface area contributed by atoms with Gasteiger partial charge in [-0.3, -0.25) is 14.4 Å². The summed E-state index contributed by atoms with van der Waals surface area (Å²) in [6.45, 7) is 3.06. The molecular formula is C63H91ClN10O9S2. The molecule has 85 heavy (non-hydrogen) atoms. The molecule has 2 aromatic carbocycles. The van der Waals surface area contributed by atoms with Gasteiger partial charge in [-0.1, -0.05) is 132 Å². The highest BCUT2D eigenvalue weighted by Gasteiger charge is 2.25. The highest BCUT2D eigenvalue weighted by atomic mass is 35.7. The third-order valence-electron chi connectivity index (χ3n) is 15.0. The van der Waals surface area contributed by atoms with Crippen LogP contribution in [0.5, 0.6) is 0 Å². The van der Waals surface area contributed by atoms with Crippen LogP contribution in [0.3, 0.4) is 0 Å². The molecular weight excluding hydrogens is 1140 g/mol. The minimum absolute atomic E-state index is 0.0761. The first kappa shape index (κ1) is 69.5. The number of fused-ring (bicyclic) bond motifs is 3. The molecule has 8 rings (SSSR count). The second-order valence-corrected chi connectivity index (χ2v) is 26.3. The number of aromatic nitrogens is 3. The molecule has 6 heterocycles. The van der Waals surface area contributed by atoms with Crippen molar-refractivity contribution in [3.05, 3.63) is 131 Å². The number of hydrogen-bond acceptors (Lipinski definition) is 15. The average Bonchev–Trinajstić information content (AvgIpc) is 3.72. The first-order chi connectivity index (χ1) is 40.9. The van der Waals surface area contributed by atoms with Crippen LogP contribution >= 0.6 is 10.7 Å². The molecule has 466 valence electrons. The van der Waals surface area contributed by atoms with E-state index < -0.39 is 55.0 Å². The normalized spacial score (nSPS) is 14.3. The van der Waals surface area contributed by atoms with E-state index in [4.69, 9.17) is 47.9 Å². The summed E-state index contributed by atoms with van der Waals surface area (Å²) in [5, 5.41) is 28.2. The number of halogens is 1. The minimum Gasteiger partial charge on any atom is -0.480 e. The van der Waals surface area contributed by atoms with E-state index in [1.54, 1.807) is 36.4 Å². The topological polar surface area (TPSA) is 325 Å². The van der Waals surface area contributed by atoms with E-state index in [1.165, 1.54) is 78.0 Å². The molecule has 3 aliphatic rings. The number of aryl methyl sites for hydroxylation is 6. The molecule has 0 fully saturated rings. The smallest absolute Gasteiger partial charge is 0.321 e. The highest BCUT2D eigenvalue weighted by Crippen LogP contribution is 2.24. The summed E-state index contributed by atoms with van der Waals surface area (Å²) >= 11 is 0. The Morgan fingerprint density at radius 3 is 1.19 bits per heavy atom. The number of carboxylic acids is 2. The number of carboxylic acid groups (broad SMARTS) is 2. The summed E-state index contributed by atoms with van der Waals surface area (Å²) < 4.78 is 48.2. The number of amides is 1. The van der Waals surface area contributed by atoms with Crippen LogP contribution in [-0.2, 0) is 72.0 Å². The van der Waals surface area contributed by atoms with Crippen molar-refractivity contribution in [3.63, 3.8) is 0 Å². The van der Waals surface area contributed by atoms with E-state index in [0.717, 1.165) is 165 Å². The number of nitrogens with one attached hydrogen (secondary N) is 4. The van der Waals surface area contributed by atoms with Gasteiger partial charge in [0.25, 0.3) is 9.05 Å². The lowest BCUT2D eigenvalue weighted by atomic mass is 10.0. The third-order valence-corrected chi connectivity index (χ3v) is 17.9. The van der Waals surface area contributed by atoms with Gasteiger partial charge in [0.2, 0.25) is 15.9 Å². The van der Waals surface area contributed by atoms with Gasteiger partial charge in [-0.25, -0.2) is 31.8 Å². The van der Waals surface area contributed by atoms with Crippen LogP contribution < -0.4 is 37.9 Å². The molecule has 0 saturated carbocycles. The fourth-order valence-corrected chi connectivity index (χ4v) is 12.1. The number of anilines is 3. The predicted octanol–water partition coefficient (Wildman–Crippen LogP) is 10.2. The average molecular weight is 1230 g/mol. The molecule has 3 atom stereocenters. The number of primary amides is 1. The Balaban J connectivity index is 0.000000219. The van der Waals surface area contributed by atoms with Gasteiger partial charge >= 0.3 is 11.9 Å². The van der Waals surface area contributed by atoms with Crippen molar-refractivity contribution in [1.29, 1.82) is 0 Å². The van der Waals surface area contributed by atoms with Crippen LogP contribution in [-0.4, -0.2) is 97.6 Å². The quantitative estimate of drug-likeness (QED) is 0.0147. The lowest BCUT2D eigenvalue weighted by Crippen LogP contribution is -2.40. The molecule has 5 aromatic rings. The van der Waals surface area contributed by atoms with Crippen molar-refractivity contribution in [1.82, 2.24) is 19.7 Å². The van der Waals surface area contributed by atoms with Gasteiger partial charge in [-0.15, -0.1) is 0 Å². The fraction of sp³-hybridized carbons (Fsp3) is 0.524.